The first kappa shape index (κ1) is 32.9. The van der Waals surface area contributed by atoms with Crippen LogP contribution in [-0.4, -0.2) is 87.1 Å². The molecule has 2 aliphatic heterocycles. The Kier molecular flexibility index (Phi) is 10.3. The number of hydrogen-bond acceptors (Lipinski definition) is 9. The van der Waals surface area contributed by atoms with E-state index in [0.717, 1.165) is 38.3 Å². The summed E-state index contributed by atoms with van der Waals surface area (Å²) in [6.45, 7) is 3.97. The largest absolute Gasteiger partial charge is 0.416 e. The average molecular weight is 658 g/mol. The molecule has 5 N–H and O–H groups in total. The van der Waals surface area contributed by atoms with E-state index in [9.17, 15) is 26.4 Å². The van der Waals surface area contributed by atoms with Gasteiger partial charge in [0, 0.05) is 57.2 Å². The molecule has 1 aromatic heterocycles. The molecule has 3 aromatic rings. The third kappa shape index (κ3) is 9.07. The van der Waals surface area contributed by atoms with Crippen molar-refractivity contribution < 1.29 is 26.4 Å². The van der Waals surface area contributed by atoms with Crippen LogP contribution in [0.4, 0.5) is 41.1 Å². The van der Waals surface area contributed by atoms with Gasteiger partial charge in [-0.2, -0.15) is 18.2 Å². The van der Waals surface area contributed by atoms with Crippen LogP contribution in [0.1, 0.15) is 23.1 Å². The van der Waals surface area contributed by atoms with Crippen molar-refractivity contribution in [2.75, 3.05) is 68.8 Å². The van der Waals surface area contributed by atoms with Gasteiger partial charge in [0.15, 0.2) is 0 Å². The second-order valence-corrected chi connectivity index (χ2v) is 12.7. The molecule has 5 rings (SSSR count). The number of benzene rings is 2. The summed E-state index contributed by atoms with van der Waals surface area (Å²) in [6.07, 6.45) is -2.61. The van der Waals surface area contributed by atoms with Gasteiger partial charge in [0.05, 0.1) is 28.8 Å². The Morgan fingerprint density at radius 1 is 1.09 bits per heavy atom. The van der Waals surface area contributed by atoms with Crippen molar-refractivity contribution in [3.63, 3.8) is 0 Å². The van der Waals surface area contributed by atoms with Gasteiger partial charge in [0.25, 0.3) is 0 Å². The van der Waals surface area contributed by atoms with Gasteiger partial charge < -0.3 is 26.2 Å². The molecule has 2 amide bonds. The van der Waals surface area contributed by atoms with Crippen LogP contribution in [-0.2, 0) is 22.7 Å². The second kappa shape index (κ2) is 14.3. The predicted molar refractivity (Wildman–Crippen MR) is 168 cm³/mol. The van der Waals surface area contributed by atoms with Crippen LogP contribution in [0, 0.1) is 11.8 Å². The van der Waals surface area contributed by atoms with Crippen LogP contribution in [0.15, 0.2) is 53.6 Å². The Labute approximate surface area is 265 Å². The van der Waals surface area contributed by atoms with E-state index in [1.807, 2.05) is 7.05 Å². The Bertz CT molecular complexity index is 1730. The number of carbonyl (C=O) groups is 1. The third-order valence-electron chi connectivity index (χ3n) is 7.27. The Hall–Kier alpha value is -4.43. The van der Waals surface area contributed by atoms with Gasteiger partial charge in [-0.05, 0) is 55.4 Å². The maximum atomic E-state index is 13.6. The fourth-order valence-corrected chi connectivity index (χ4v) is 5.97. The number of aromatic nitrogens is 2. The number of alkyl halides is 3. The van der Waals surface area contributed by atoms with Gasteiger partial charge >= 0.3 is 12.2 Å². The first-order valence-corrected chi connectivity index (χ1v) is 16.1. The van der Waals surface area contributed by atoms with Gasteiger partial charge in [-0.1, -0.05) is 17.9 Å². The van der Waals surface area contributed by atoms with Crippen LogP contribution in [0.3, 0.4) is 0 Å². The SMILES string of the molecule is CN1CCN(Cc2cc(NC(=O)NCC#Cc3cnc4nc3NCCCNS(=O)(=O)c3cccc(c3)N4)cc(C(F)(F)F)c2)CC1. The molecule has 0 atom stereocenters. The maximum Gasteiger partial charge on any atom is 0.416 e. The summed E-state index contributed by atoms with van der Waals surface area (Å²) in [5.41, 5.74) is 0.569. The Balaban J connectivity index is 1.23. The molecule has 3 heterocycles. The van der Waals surface area contributed by atoms with Gasteiger partial charge in [-0.15, -0.1) is 0 Å². The van der Waals surface area contributed by atoms with E-state index in [1.54, 1.807) is 18.2 Å². The molecule has 2 aliphatic rings. The molecular weight excluding hydrogens is 623 g/mol. The number of nitrogens with zero attached hydrogens (tertiary/aromatic N) is 4. The fraction of sp³-hybridized carbons (Fsp3) is 0.367. The number of carbonyl (C=O) groups excluding carboxylic acids is 1. The van der Waals surface area contributed by atoms with Gasteiger partial charge in [0.2, 0.25) is 16.0 Å². The van der Waals surface area contributed by atoms with E-state index in [1.165, 1.54) is 18.3 Å². The minimum absolute atomic E-state index is 0.0316. The summed E-state index contributed by atoms with van der Waals surface area (Å²) >= 11 is 0. The average Bonchev–Trinajstić information content (AvgIpc) is 3.01. The molecule has 12 nitrogen and oxygen atoms in total. The highest BCUT2D eigenvalue weighted by atomic mass is 32.2. The maximum absolute atomic E-state index is 13.6. The van der Waals surface area contributed by atoms with E-state index in [0.29, 0.717) is 42.1 Å². The van der Waals surface area contributed by atoms with E-state index >= 15 is 0 Å². The summed E-state index contributed by atoms with van der Waals surface area (Å²) in [5, 5.41) is 11.2. The molecule has 46 heavy (non-hydrogen) atoms. The summed E-state index contributed by atoms with van der Waals surface area (Å²) < 4.78 is 68.6. The second-order valence-electron chi connectivity index (χ2n) is 10.9. The highest BCUT2D eigenvalue weighted by Gasteiger charge is 2.31. The number of halogens is 3. The lowest BCUT2D eigenvalue weighted by molar-refractivity contribution is -0.137. The summed E-state index contributed by atoms with van der Waals surface area (Å²) in [4.78, 5) is 25.7. The minimum atomic E-state index is -4.57. The zero-order valence-electron chi connectivity index (χ0n) is 25.0. The summed E-state index contributed by atoms with van der Waals surface area (Å²) in [7, 11) is -1.68. The van der Waals surface area contributed by atoms with Gasteiger partial charge in [-0.25, -0.2) is 22.9 Å². The lowest BCUT2D eigenvalue weighted by Crippen LogP contribution is -2.43. The van der Waals surface area contributed by atoms with Crippen LogP contribution in [0.2, 0.25) is 0 Å². The first-order valence-electron chi connectivity index (χ1n) is 14.6. The third-order valence-corrected chi connectivity index (χ3v) is 8.73. The standard InChI is InChI=1S/C30H34F3N9O3S/c1-41-11-13-42(14-12-41)20-21-15-23(30(31,32)33)17-25(16-21)39-29(43)35-8-3-5-22-19-36-28-38-24-6-2-7-26(18-24)46(44,45)37-10-4-9-34-27(22)40-28/h2,6-7,15-19,37H,4,8-14,20H2,1H3,(H2,35,39,43)(H2,34,36,38,40). The molecule has 0 unspecified atom stereocenters. The van der Waals surface area contributed by atoms with E-state index in [4.69, 9.17) is 0 Å². The highest BCUT2D eigenvalue weighted by molar-refractivity contribution is 7.89. The fourth-order valence-electron chi connectivity index (χ4n) is 4.85. The molecular formula is C30H34F3N9O3S. The molecule has 2 aromatic carbocycles. The zero-order chi connectivity index (χ0) is 32.7. The van der Waals surface area contributed by atoms with Crippen LogP contribution in [0.25, 0.3) is 0 Å². The monoisotopic (exact) mass is 657 g/mol. The minimum Gasteiger partial charge on any atom is -0.369 e. The summed E-state index contributed by atoms with van der Waals surface area (Å²) in [6, 6.07) is 9.14. The number of rotatable bonds is 4. The number of sulfonamides is 1. The molecule has 244 valence electrons. The van der Waals surface area contributed by atoms with E-state index in [-0.39, 0.29) is 29.6 Å². The molecule has 0 aliphatic carbocycles. The van der Waals surface area contributed by atoms with Crippen molar-refractivity contribution >= 4 is 39.2 Å². The van der Waals surface area contributed by atoms with Crippen LogP contribution >= 0.6 is 0 Å². The lowest BCUT2D eigenvalue weighted by atomic mass is 10.1. The van der Waals surface area contributed by atoms with Crippen molar-refractivity contribution in [3.8, 4) is 11.8 Å². The number of anilines is 4. The van der Waals surface area contributed by atoms with Crippen molar-refractivity contribution in [1.29, 1.82) is 0 Å². The van der Waals surface area contributed by atoms with Gasteiger partial charge in [-0.3, -0.25) is 4.90 Å². The number of fused-ring (bicyclic) bond motifs is 4. The van der Waals surface area contributed by atoms with Crippen molar-refractivity contribution in [3.05, 3.63) is 65.4 Å². The highest BCUT2D eigenvalue weighted by Crippen LogP contribution is 2.32. The van der Waals surface area contributed by atoms with Crippen LogP contribution in [0.5, 0.6) is 0 Å². The predicted octanol–water partition coefficient (Wildman–Crippen LogP) is 3.25. The molecule has 1 saturated heterocycles. The van der Waals surface area contributed by atoms with Crippen molar-refractivity contribution in [1.82, 2.24) is 29.8 Å². The lowest BCUT2D eigenvalue weighted by Gasteiger charge is -2.32. The molecule has 0 spiro atoms. The number of hydrogen-bond donors (Lipinski definition) is 5. The quantitative estimate of drug-likeness (QED) is 0.267. The summed E-state index contributed by atoms with van der Waals surface area (Å²) in [5.74, 6) is 6.34. The number of urea groups is 1. The number of piperazine rings is 1. The van der Waals surface area contributed by atoms with Crippen molar-refractivity contribution in [2.24, 2.45) is 0 Å². The number of nitrogens with one attached hydrogen (secondary N) is 5. The Morgan fingerprint density at radius 3 is 2.67 bits per heavy atom. The smallest absolute Gasteiger partial charge is 0.369 e. The Morgan fingerprint density at radius 2 is 1.89 bits per heavy atom. The van der Waals surface area contributed by atoms with E-state index in [2.05, 4.69) is 57.6 Å². The topological polar surface area (TPSA) is 144 Å². The zero-order valence-corrected chi connectivity index (χ0v) is 25.9. The number of likely N-dealkylation sites (N-methyl/N-ethyl adjacent to an activating group) is 1. The molecule has 4 bridgehead atoms. The first-order chi connectivity index (χ1) is 21.9. The molecule has 1 fully saturated rings. The normalized spacial score (nSPS) is 17.0. The molecule has 0 radical (unpaired) electrons. The van der Waals surface area contributed by atoms with Gasteiger partial charge in [0.1, 0.15) is 5.82 Å². The molecule has 0 saturated carbocycles. The number of amides is 2. The van der Waals surface area contributed by atoms with Crippen LogP contribution < -0.4 is 26.0 Å². The van der Waals surface area contributed by atoms with E-state index < -0.39 is 27.8 Å². The van der Waals surface area contributed by atoms with Crippen molar-refractivity contribution in [2.45, 2.75) is 24.0 Å². The molecule has 16 heteroatoms.